The summed E-state index contributed by atoms with van der Waals surface area (Å²) in [5, 5.41) is 1.25. The Kier molecular flexibility index (Phi) is 4.20. The van der Waals surface area contributed by atoms with Crippen molar-refractivity contribution in [3.63, 3.8) is 0 Å². The Morgan fingerprint density at radius 2 is 2.14 bits per heavy atom. The molecule has 3 nitrogen and oxygen atoms in total. The molecule has 1 heterocycles. The minimum absolute atomic E-state index is 0.541. The quantitative estimate of drug-likeness (QED) is 0.923. The predicted molar refractivity (Wildman–Crippen MR) is 87.7 cm³/mol. The van der Waals surface area contributed by atoms with Crippen LogP contribution in [-0.4, -0.2) is 18.2 Å². The maximum absolute atomic E-state index is 6.04. The molecule has 3 rings (SSSR count). The number of fused-ring (bicyclic) bond motifs is 1. The summed E-state index contributed by atoms with van der Waals surface area (Å²) in [6.45, 7) is 3.10. The average molecular weight is 286 g/mol. The number of nitrogens with two attached hydrogens (primary N) is 1. The molecule has 3 unspecified atom stereocenters. The van der Waals surface area contributed by atoms with E-state index < -0.39 is 0 Å². The molecule has 2 aromatic rings. The van der Waals surface area contributed by atoms with E-state index in [1.807, 2.05) is 0 Å². The molecule has 0 amide bonds. The molecule has 0 radical (unpaired) electrons. The summed E-state index contributed by atoms with van der Waals surface area (Å²) in [7, 11) is 1.72. The highest BCUT2D eigenvalue weighted by Gasteiger charge is 2.30. The van der Waals surface area contributed by atoms with Gasteiger partial charge in [0.2, 0.25) is 0 Å². The Hall–Kier alpha value is -1.48. The summed E-state index contributed by atoms with van der Waals surface area (Å²) < 4.78 is 7.78. The second-order valence-electron chi connectivity index (χ2n) is 6.30. The first-order valence-electron chi connectivity index (χ1n) is 8.11. The Labute approximate surface area is 127 Å². The molecule has 0 bridgehead atoms. The van der Waals surface area contributed by atoms with Crippen molar-refractivity contribution in [2.75, 3.05) is 13.7 Å². The van der Waals surface area contributed by atoms with E-state index in [9.17, 15) is 0 Å². The van der Waals surface area contributed by atoms with Crippen LogP contribution in [0.5, 0.6) is 5.75 Å². The summed E-state index contributed by atoms with van der Waals surface area (Å²) in [6, 6.07) is 9.08. The minimum atomic E-state index is 0.541. The largest absolute Gasteiger partial charge is 0.497 e. The number of rotatable bonds is 4. The molecule has 0 aliphatic heterocycles. The molecule has 1 aliphatic rings. The first-order chi connectivity index (χ1) is 10.3. The average Bonchev–Trinajstić information content (AvgIpc) is 2.96. The number of hydrogen-bond acceptors (Lipinski definition) is 2. The second kappa shape index (κ2) is 6.10. The SMILES string of the molecule is CCC1CCC(CN)C(n2ccc3cc(OC)ccc32)C1. The van der Waals surface area contributed by atoms with Crippen molar-refractivity contribution in [2.24, 2.45) is 17.6 Å². The summed E-state index contributed by atoms with van der Waals surface area (Å²) in [4.78, 5) is 0. The Bertz CT molecular complexity index is 604. The van der Waals surface area contributed by atoms with Crippen LogP contribution in [0.2, 0.25) is 0 Å². The first kappa shape index (κ1) is 14.5. The van der Waals surface area contributed by atoms with Crippen LogP contribution in [0, 0.1) is 11.8 Å². The lowest BCUT2D eigenvalue weighted by atomic mass is 9.77. The van der Waals surface area contributed by atoms with Crippen LogP contribution >= 0.6 is 0 Å². The third-order valence-corrected chi connectivity index (χ3v) is 5.23. The van der Waals surface area contributed by atoms with Gasteiger partial charge in [-0.1, -0.05) is 13.3 Å². The molecule has 1 saturated carbocycles. The minimum Gasteiger partial charge on any atom is -0.497 e. The molecule has 3 heteroatoms. The lowest BCUT2D eigenvalue weighted by Gasteiger charge is -2.36. The van der Waals surface area contributed by atoms with E-state index in [0.29, 0.717) is 12.0 Å². The van der Waals surface area contributed by atoms with E-state index in [0.717, 1.165) is 18.2 Å². The number of methoxy groups -OCH3 is 1. The maximum Gasteiger partial charge on any atom is 0.119 e. The number of hydrogen-bond donors (Lipinski definition) is 1. The van der Waals surface area contributed by atoms with Gasteiger partial charge in [0, 0.05) is 23.1 Å². The number of ether oxygens (including phenoxy) is 1. The summed E-state index contributed by atoms with van der Waals surface area (Å²) >= 11 is 0. The molecular formula is C18H26N2O. The molecule has 2 N–H and O–H groups in total. The van der Waals surface area contributed by atoms with Crippen LogP contribution in [0.4, 0.5) is 0 Å². The molecule has 0 saturated heterocycles. The Morgan fingerprint density at radius 1 is 1.29 bits per heavy atom. The van der Waals surface area contributed by atoms with E-state index in [-0.39, 0.29) is 0 Å². The van der Waals surface area contributed by atoms with Crippen molar-refractivity contribution in [3.8, 4) is 5.75 Å². The highest BCUT2D eigenvalue weighted by atomic mass is 16.5. The summed E-state index contributed by atoms with van der Waals surface area (Å²) in [5.74, 6) is 2.37. The van der Waals surface area contributed by atoms with Crippen molar-refractivity contribution in [1.82, 2.24) is 4.57 Å². The van der Waals surface area contributed by atoms with Crippen LogP contribution in [0.15, 0.2) is 30.5 Å². The highest BCUT2D eigenvalue weighted by Crippen LogP contribution is 2.40. The van der Waals surface area contributed by atoms with Gasteiger partial charge in [0.05, 0.1) is 7.11 Å². The third kappa shape index (κ3) is 2.67. The number of nitrogens with zero attached hydrogens (tertiary/aromatic N) is 1. The monoisotopic (exact) mass is 286 g/mol. The van der Waals surface area contributed by atoms with Crippen molar-refractivity contribution >= 4 is 10.9 Å². The zero-order chi connectivity index (χ0) is 14.8. The smallest absolute Gasteiger partial charge is 0.119 e. The summed E-state index contributed by atoms with van der Waals surface area (Å²) in [5.41, 5.74) is 7.34. The van der Waals surface area contributed by atoms with E-state index in [1.54, 1.807) is 7.11 Å². The lowest BCUT2D eigenvalue weighted by molar-refractivity contribution is 0.188. The predicted octanol–water partition coefficient (Wildman–Crippen LogP) is 3.98. The first-order valence-corrected chi connectivity index (χ1v) is 8.11. The molecule has 1 aliphatic carbocycles. The van der Waals surface area contributed by atoms with Crippen molar-refractivity contribution in [3.05, 3.63) is 30.5 Å². The van der Waals surface area contributed by atoms with Gasteiger partial charge in [-0.2, -0.15) is 0 Å². The fourth-order valence-electron chi connectivity index (χ4n) is 3.84. The highest BCUT2D eigenvalue weighted by molar-refractivity contribution is 5.81. The summed E-state index contributed by atoms with van der Waals surface area (Å²) in [6.07, 6.45) is 7.36. The fraction of sp³-hybridized carbons (Fsp3) is 0.556. The molecule has 114 valence electrons. The van der Waals surface area contributed by atoms with Crippen LogP contribution < -0.4 is 10.5 Å². The van der Waals surface area contributed by atoms with Crippen molar-refractivity contribution < 1.29 is 4.74 Å². The van der Waals surface area contributed by atoms with Gasteiger partial charge in [-0.05, 0) is 61.9 Å². The zero-order valence-electron chi connectivity index (χ0n) is 13.1. The van der Waals surface area contributed by atoms with Crippen molar-refractivity contribution in [2.45, 2.75) is 38.6 Å². The van der Waals surface area contributed by atoms with Gasteiger partial charge >= 0.3 is 0 Å². The number of aromatic nitrogens is 1. The molecule has 0 spiro atoms. The molecule has 1 aromatic carbocycles. The normalized spacial score (nSPS) is 26.1. The van der Waals surface area contributed by atoms with Crippen LogP contribution in [0.3, 0.4) is 0 Å². The maximum atomic E-state index is 6.04. The molecule has 1 aromatic heterocycles. The second-order valence-corrected chi connectivity index (χ2v) is 6.30. The van der Waals surface area contributed by atoms with Gasteiger partial charge in [0.1, 0.15) is 5.75 Å². The van der Waals surface area contributed by atoms with Gasteiger partial charge in [0.25, 0.3) is 0 Å². The van der Waals surface area contributed by atoms with Gasteiger partial charge in [0.15, 0.2) is 0 Å². The molecule has 3 atom stereocenters. The molecule has 1 fully saturated rings. The van der Waals surface area contributed by atoms with Crippen molar-refractivity contribution in [1.29, 1.82) is 0 Å². The van der Waals surface area contributed by atoms with Gasteiger partial charge in [-0.3, -0.25) is 0 Å². The van der Waals surface area contributed by atoms with E-state index >= 15 is 0 Å². The van der Waals surface area contributed by atoms with Crippen LogP contribution in [-0.2, 0) is 0 Å². The van der Waals surface area contributed by atoms with E-state index in [4.69, 9.17) is 10.5 Å². The van der Waals surface area contributed by atoms with Gasteiger partial charge < -0.3 is 15.0 Å². The fourth-order valence-corrected chi connectivity index (χ4v) is 3.84. The Morgan fingerprint density at radius 3 is 2.86 bits per heavy atom. The van der Waals surface area contributed by atoms with Crippen LogP contribution in [0.25, 0.3) is 10.9 Å². The molecular weight excluding hydrogens is 260 g/mol. The number of benzene rings is 1. The van der Waals surface area contributed by atoms with E-state index in [1.165, 1.54) is 36.6 Å². The van der Waals surface area contributed by atoms with Gasteiger partial charge in [-0.15, -0.1) is 0 Å². The lowest BCUT2D eigenvalue weighted by Crippen LogP contribution is -2.32. The topological polar surface area (TPSA) is 40.2 Å². The molecule has 21 heavy (non-hydrogen) atoms. The van der Waals surface area contributed by atoms with Gasteiger partial charge in [-0.25, -0.2) is 0 Å². The zero-order valence-corrected chi connectivity index (χ0v) is 13.1. The standard InChI is InChI=1S/C18H26N2O/c1-3-13-4-5-15(12-19)18(10-13)20-9-8-14-11-16(21-2)6-7-17(14)20/h6-9,11,13,15,18H,3-5,10,12,19H2,1-2H3. The Balaban J connectivity index is 1.97. The van der Waals surface area contributed by atoms with Crippen LogP contribution in [0.1, 0.15) is 38.6 Å². The van der Waals surface area contributed by atoms with E-state index in [2.05, 4.69) is 42.0 Å². The third-order valence-electron chi connectivity index (χ3n) is 5.23.